The second-order valence-electron chi connectivity index (χ2n) is 6.55. The molecule has 1 fully saturated rings. The van der Waals surface area contributed by atoms with Crippen molar-refractivity contribution >= 4 is 12.0 Å². The third-order valence-electron chi connectivity index (χ3n) is 3.92. The topological polar surface area (TPSA) is 96.9 Å². The van der Waals surface area contributed by atoms with E-state index in [2.05, 4.69) is 10.6 Å². The summed E-state index contributed by atoms with van der Waals surface area (Å²) in [6, 6.07) is 8.13. The van der Waals surface area contributed by atoms with Crippen molar-refractivity contribution in [3.63, 3.8) is 0 Å². The van der Waals surface area contributed by atoms with Crippen LogP contribution in [0.15, 0.2) is 30.3 Å². The fourth-order valence-corrected chi connectivity index (χ4v) is 2.61. The van der Waals surface area contributed by atoms with Gasteiger partial charge in [-0.3, -0.25) is 4.79 Å². The average molecular weight is 350 g/mol. The number of ether oxygens (including phenoxy) is 2. The highest BCUT2D eigenvalue weighted by Crippen LogP contribution is 2.12. The van der Waals surface area contributed by atoms with E-state index >= 15 is 0 Å². The van der Waals surface area contributed by atoms with Gasteiger partial charge in [0.25, 0.3) is 0 Å². The van der Waals surface area contributed by atoms with Gasteiger partial charge >= 0.3 is 6.09 Å². The summed E-state index contributed by atoms with van der Waals surface area (Å²) in [6.07, 6.45) is -0.642. The number of carbonyl (C=O) groups is 2. The van der Waals surface area contributed by atoms with Gasteiger partial charge in [-0.1, -0.05) is 44.2 Å². The van der Waals surface area contributed by atoms with Crippen molar-refractivity contribution < 1.29 is 24.2 Å². The number of alkyl carbamates (subject to hydrolysis) is 1. The van der Waals surface area contributed by atoms with Crippen LogP contribution in [-0.2, 0) is 20.9 Å². The lowest BCUT2D eigenvalue weighted by molar-refractivity contribution is -0.127. The third-order valence-corrected chi connectivity index (χ3v) is 3.92. The standard InChI is InChI=1S/C18H26N2O5/c1-12(2)10-15(16(21)19-14-8-9-24-17(14)22)20-18(23)25-11-13-6-4-3-5-7-13/h3-7,12,14-15,17,22H,8-11H2,1-2H3,(H,19,21)(H,20,23)/t14-,15?,17?/m0/s1. The van der Waals surface area contributed by atoms with Crippen molar-refractivity contribution in [3.05, 3.63) is 35.9 Å². The summed E-state index contributed by atoms with van der Waals surface area (Å²) < 4.78 is 10.2. The van der Waals surface area contributed by atoms with Crippen molar-refractivity contribution in [1.82, 2.24) is 10.6 Å². The van der Waals surface area contributed by atoms with Gasteiger partial charge in [-0.2, -0.15) is 0 Å². The number of nitrogens with one attached hydrogen (secondary N) is 2. The first-order valence-corrected chi connectivity index (χ1v) is 8.53. The number of aliphatic hydroxyl groups excluding tert-OH is 1. The van der Waals surface area contributed by atoms with Crippen molar-refractivity contribution in [2.24, 2.45) is 5.92 Å². The highest BCUT2D eigenvalue weighted by Gasteiger charge is 2.31. The van der Waals surface area contributed by atoms with E-state index in [0.717, 1.165) is 5.56 Å². The maximum absolute atomic E-state index is 12.4. The predicted octanol–water partition coefficient (Wildman–Crippen LogP) is 1.55. The van der Waals surface area contributed by atoms with Crippen LogP contribution in [-0.4, -0.2) is 42.1 Å². The minimum Gasteiger partial charge on any atom is -0.445 e. The normalized spacial score (nSPS) is 21.0. The van der Waals surface area contributed by atoms with Gasteiger partial charge in [0.1, 0.15) is 12.6 Å². The van der Waals surface area contributed by atoms with Crippen LogP contribution >= 0.6 is 0 Å². The highest BCUT2D eigenvalue weighted by molar-refractivity contribution is 5.85. The molecule has 2 rings (SSSR count). The largest absolute Gasteiger partial charge is 0.445 e. The Morgan fingerprint density at radius 2 is 2.04 bits per heavy atom. The van der Waals surface area contributed by atoms with E-state index in [9.17, 15) is 14.7 Å². The van der Waals surface area contributed by atoms with E-state index < -0.39 is 24.5 Å². The predicted molar refractivity (Wildman–Crippen MR) is 91.5 cm³/mol. The summed E-state index contributed by atoms with van der Waals surface area (Å²) >= 11 is 0. The molecule has 0 spiro atoms. The summed E-state index contributed by atoms with van der Waals surface area (Å²) in [5.74, 6) is -0.144. The molecule has 138 valence electrons. The highest BCUT2D eigenvalue weighted by atomic mass is 16.6. The molecule has 3 atom stereocenters. The Morgan fingerprint density at radius 1 is 1.32 bits per heavy atom. The fraction of sp³-hybridized carbons (Fsp3) is 0.556. The number of benzene rings is 1. The Balaban J connectivity index is 1.87. The van der Waals surface area contributed by atoms with Crippen LogP contribution in [0.2, 0.25) is 0 Å². The van der Waals surface area contributed by atoms with E-state index in [1.807, 2.05) is 44.2 Å². The monoisotopic (exact) mass is 350 g/mol. The molecular weight excluding hydrogens is 324 g/mol. The molecule has 2 amide bonds. The van der Waals surface area contributed by atoms with Gasteiger partial charge in [-0.25, -0.2) is 4.79 Å². The molecule has 0 radical (unpaired) electrons. The molecule has 1 aromatic carbocycles. The van der Waals surface area contributed by atoms with Gasteiger partial charge in [0.05, 0.1) is 12.6 Å². The van der Waals surface area contributed by atoms with Crippen LogP contribution in [0.4, 0.5) is 4.79 Å². The van der Waals surface area contributed by atoms with Gasteiger partial charge in [-0.15, -0.1) is 0 Å². The molecule has 1 saturated heterocycles. The minimum atomic E-state index is -1.01. The fourth-order valence-electron chi connectivity index (χ4n) is 2.61. The van der Waals surface area contributed by atoms with Crippen molar-refractivity contribution in [2.75, 3.05) is 6.61 Å². The lowest BCUT2D eigenvalue weighted by Gasteiger charge is -2.23. The quantitative estimate of drug-likeness (QED) is 0.693. The summed E-state index contributed by atoms with van der Waals surface area (Å²) in [5, 5.41) is 15.0. The molecule has 2 unspecified atom stereocenters. The van der Waals surface area contributed by atoms with Crippen molar-refractivity contribution in [1.29, 1.82) is 0 Å². The van der Waals surface area contributed by atoms with Crippen LogP contribution in [0.25, 0.3) is 0 Å². The minimum absolute atomic E-state index is 0.137. The average Bonchev–Trinajstić information content (AvgIpc) is 2.98. The SMILES string of the molecule is CC(C)CC(NC(=O)OCc1ccccc1)C(=O)N[C@H]1CCOC1O. The Kier molecular flexibility index (Phi) is 7.21. The lowest BCUT2D eigenvalue weighted by Crippen LogP contribution is -2.51. The molecule has 0 aromatic heterocycles. The number of aliphatic hydroxyl groups is 1. The molecule has 0 aliphatic carbocycles. The number of rotatable bonds is 7. The van der Waals surface area contributed by atoms with Crippen LogP contribution in [0.3, 0.4) is 0 Å². The van der Waals surface area contributed by atoms with Crippen LogP contribution in [0.1, 0.15) is 32.3 Å². The van der Waals surface area contributed by atoms with Crippen LogP contribution < -0.4 is 10.6 Å². The zero-order valence-corrected chi connectivity index (χ0v) is 14.6. The number of amides is 2. The maximum Gasteiger partial charge on any atom is 0.408 e. The zero-order valence-electron chi connectivity index (χ0n) is 14.6. The summed E-state index contributed by atoms with van der Waals surface area (Å²) in [4.78, 5) is 24.5. The first kappa shape index (κ1) is 19.2. The maximum atomic E-state index is 12.4. The summed E-state index contributed by atoms with van der Waals surface area (Å²) in [7, 11) is 0. The molecular formula is C18H26N2O5. The number of hydrogen-bond donors (Lipinski definition) is 3. The van der Waals surface area contributed by atoms with E-state index in [4.69, 9.17) is 9.47 Å². The zero-order chi connectivity index (χ0) is 18.2. The Hall–Kier alpha value is -2.12. The first-order valence-electron chi connectivity index (χ1n) is 8.53. The lowest BCUT2D eigenvalue weighted by atomic mass is 10.0. The van der Waals surface area contributed by atoms with E-state index in [-0.39, 0.29) is 18.4 Å². The smallest absolute Gasteiger partial charge is 0.408 e. The molecule has 7 nitrogen and oxygen atoms in total. The molecule has 1 heterocycles. The van der Waals surface area contributed by atoms with E-state index in [0.29, 0.717) is 19.4 Å². The third kappa shape index (κ3) is 6.36. The van der Waals surface area contributed by atoms with Crippen LogP contribution in [0, 0.1) is 5.92 Å². The second-order valence-corrected chi connectivity index (χ2v) is 6.55. The Bertz CT molecular complexity index is 564. The molecule has 3 N–H and O–H groups in total. The molecule has 25 heavy (non-hydrogen) atoms. The number of hydrogen-bond acceptors (Lipinski definition) is 5. The van der Waals surface area contributed by atoms with Crippen molar-refractivity contribution in [2.45, 2.75) is 51.7 Å². The Labute approximate surface area is 147 Å². The van der Waals surface area contributed by atoms with E-state index in [1.165, 1.54) is 0 Å². The van der Waals surface area contributed by atoms with Gasteiger partial charge in [0.2, 0.25) is 5.91 Å². The second kappa shape index (κ2) is 9.39. The van der Waals surface area contributed by atoms with Crippen molar-refractivity contribution in [3.8, 4) is 0 Å². The summed E-state index contributed by atoms with van der Waals surface area (Å²) in [6.45, 7) is 4.46. The van der Waals surface area contributed by atoms with Gasteiger partial charge < -0.3 is 25.2 Å². The van der Waals surface area contributed by atoms with E-state index in [1.54, 1.807) is 0 Å². The molecule has 0 saturated carbocycles. The van der Waals surface area contributed by atoms with Crippen LogP contribution in [0.5, 0.6) is 0 Å². The molecule has 1 aromatic rings. The van der Waals surface area contributed by atoms with Gasteiger partial charge in [-0.05, 0) is 24.3 Å². The first-order chi connectivity index (χ1) is 12.0. The number of carbonyl (C=O) groups excluding carboxylic acids is 2. The summed E-state index contributed by atoms with van der Waals surface area (Å²) in [5.41, 5.74) is 0.869. The van der Waals surface area contributed by atoms with Gasteiger partial charge in [0.15, 0.2) is 6.29 Å². The molecule has 1 aliphatic heterocycles. The molecule has 0 bridgehead atoms. The Morgan fingerprint density at radius 3 is 2.64 bits per heavy atom. The van der Waals surface area contributed by atoms with Gasteiger partial charge in [0, 0.05) is 0 Å². The molecule has 1 aliphatic rings. The molecule has 7 heteroatoms.